The van der Waals surface area contributed by atoms with Crippen LogP contribution in [-0.4, -0.2) is 71.1 Å². The van der Waals surface area contributed by atoms with Gasteiger partial charge in [-0.25, -0.2) is 21.6 Å². The largest absolute Gasteiger partial charge is 0.480 e. The number of rotatable bonds is 17. The van der Waals surface area contributed by atoms with Crippen molar-refractivity contribution in [1.29, 1.82) is 0 Å². The van der Waals surface area contributed by atoms with E-state index in [1.54, 1.807) is 6.92 Å². The molecule has 0 rings (SSSR count). The fourth-order valence-corrected chi connectivity index (χ4v) is 4.91. The molecule has 0 heterocycles. The Labute approximate surface area is 222 Å². The monoisotopic (exact) mass is 606 g/mol. The minimum Gasteiger partial charge on any atom is -0.456 e. The van der Waals surface area contributed by atoms with Crippen molar-refractivity contribution in [3.05, 3.63) is 16.3 Å². The number of nitrogens with zero attached hydrogens (tertiary/aromatic N) is 2. The average Bonchev–Trinajstić information content (AvgIpc) is 2.77. The number of carbonyl (C=O) groups is 1. The molecule has 0 aliphatic rings. The molecule has 0 aromatic rings. The number of quaternary nitrogens is 1. The van der Waals surface area contributed by atoms with Crippen molar-refractivity contribution in [1.82, 2.24) is 0 Å². The van der Waals surface area contributed by atoms with E-state index in [-0.39, 0.29) is 5.97 Å². The first-order valence-electron chi connectivity index (χ1n) is 12.3. The fraction of sp³-hybridized carbons (Fsp3) is 0.864. The van der Waals surface area contributed by atoms with Crippen LogP contribution < -0.4 is 0 Å². The van der Waals surface area contributed by atoms with E-state index in [9.17, 15) is 48.0 Å². The second-order valence-corrected chi connectivity index (χ2v) is 12.3. The van der Waals surface area contributed by atoms with Gasteiger partial charge in [-0.05, 0) is 32.6 Å². The molecular formula is C22H40F6N2O6S2. The van der Waals surface area contributed by atoms with Gasteiger partial charge < -0.3 is 13.3 Å². The first-order valence-corrected chi connectivity index (χ1v) is 15.1. The number of unbranched alkanes of at least 4 members (excludes halogenated alkanes) is 5. The first-order chi connectivity index (χ1) is 17.2. The molecule has 0 unspecified atom stereocenters. The highest BCUT2D eigenvalue weighted by Gasteiger charge is 2.46. The van der Waals surface area contributed by atoms with Gasteiger partial charge in [0.2, 0.25) is 0 Å². The molecule has 0 saturated heterocycles. The van der Waals surface area contributed by atoms with Gasteiger partial charge in [0.25, 0.3) is 0 Å². The molecule has 16 heteroatoms. The molecule has 0 aliphatic heterocycles. The summed E-state index contributed by atoms with van der Waals surface area (Å²) in [6.45, 7) is 17.3. The summed E-state index contributed by atoms with van der Waals surface area (Å²) in [4.78, 5) is 11.6. The summed E-state index contributed by atoms with van der Waals surface area (Å²) in [5, 5.41) is 0. The Morgan fingerprint density at radius 2 is 1.13 bits per heavy atom. The second-order valence-electron chi connectivity index (χ2n) is 8.84. The van der Waals surface area contributed by atoms with Gasteiger partial charge in [-0.15, -0.1) is 0 Å². The lowest BCUT2D eigenvalue weighted by Crippen LogP contribution is -2.52. The van der Waals surface area contributed by atoms with Crippen LogP contribution >= 0.6 is 0 Å². The quantitative estimate of drug-likeness (QED) is 0.0645. The van der Waals surface area contributed by atoms with Crippen LogP contribution in [-0.2, 0) is 29.6 Å². The summed E-state index contributed by atoms with van der Waals surface area (Å²) < 4.78 is 116. The molecule has 0 atom stereocenters. The Hall–Kier alpha value is -1.39. The number of halogens is 6. The standard InChI is InChI=1S/C20H40NO2.C2F6NO4S2/c1-6-9-12-13-16-21(14-10-7-2,15-11-8-3)17-18-23-20(22)19(4)5;3-1(4,5)14(10,11)9-15(12,13)2(6,7)8/h4,6-18H2,1-3,5H3;/q+1;-1. The number of hydrogen-bond donors (Lipinski definition) is 0. The highest BCUT2D eigenvalue weighted by atomic mass is 32.3. The van der Waals surface area contributed by atoms with Gasteiger partial charge in [0.05, 0.1) is 19.6 Å². The molecule has 0 fully saturated rings. The normalized spacial score (nSPS) is 13.0. The van der Waals surface area contributed by atoms with Gasteiger partial charge in [-0.3, -0.25) is 0 Å². The van der Waals surface area contributed by atoms with E-state index in [0.717, 1.165) is 15.2 Å². The Bertz CT molecular complexity index is 870. The molecule has 8 nitrogen and oxygen atoms in total. The predicted molar refractivity (Wildman–Crippen MR) is 133 cm³/mol. The van der Waals surface area contributed by atoms with Gasteiger partial charge in [-0.2, -0.15) is 26.3 Å². The predicted octanol–water partition coefficient (Wildman–Crippen LogP) is 6.16. The van der Waals surface area contributed by atoms with Crippen molar-refractivity contribution < 1.29 is 57.2 Å². The van der Waals surface area contributed by atoms with Crippen molar-refractivity contribution >= 4 is 26.0 Å². The molecule has 0 N–H and O–H groups in total. The van der Waals surface area contributed by atoms with E-state index < -0.39 is 31.1 Å². The lowest BCUT2D eigenvalue weighted by Gasteiger charge is -2.39. The van der Waals surface area contributed by atoms with Gasteiger partial charge in [0.1, 0.15) is 13.2 Å². The van der Waals surface area contributed by atoms with Crippen molar-refractivity contribution in [2.45, 2.75) is 90.1 Å². The van der Waals surface area contributed by atoms with Crippen LogP contribution in [0.2, 0.25) is 0 Å². The number of ether oxygens (including phenoxy) is 1. The maximum absolute atomic E-state index is 11.6. The van der Waals surface area contributed by atoms with E-state index in [0.29, 0.717) is 12.2 Å². The van der Waals surface area contributed by atoms with Crippen LogP contribution in [0.4, 0.5) is 26.3 Å². The second kappa shape index (κ2) is 17.3. The molecule has 0 aromatic carbocycles. The molecule has 0 saturated carbocycles. The summed E-state index contributed by atoms with van der Waals surface area (Å²) >= 11 is 0. The molecular weight excluding hydrogens is 566 g/mol. The average molecular weight is 607 g/mol. The van der Waals surface area contributed by atoms with Gasteiger partial charge >= 0.3 is 17.0 Å². The van der Waals surface area contributed by atoms with Gasteiger partial charge in [0.15, 0.2) is 20.0 Å². The van der Waals surface area contributed by atoms with E-state index in [4.69, 9.17) is 4.74 Å². The maximum atomic E-state index is 11.6. The van der Waals surface area contributed by atoms with E-state index in [1.807, 2.05) is 0 Å². The highest BCUT2D eigenvalue weighted by molar-refractivity contribution is 8.13. The molecule has 0 aromatic heterocycles. The Morgan fingerprint density at radius 3 is 1.47 bits per heavy atom. The summed E-state index contributed by atoms with van der Waals surface area (Å²) in [5.74, 6) is -0.250. The van der Waals surface area contributed by atoms with Crippen LogP contribution in [0.25, 0.3) is 4.13 Å². The van der Waals surface area contributed by atoms with Crippen LogP contribution in [0.15, 0.2) is 12.2 Å². The topological polar surface area (TPSA) is 109 Å². The van der Waals surface area contributed by atoms with Crippen LogP contribution in [0.3, 0.4) is 0 Å². The van der Waals surface area contributed by atoms with Crippen molar-refractivity contribution in [3.63, 3.8) is 0 Å². The molecule has 0 spiro atoms. The lowest BCUT2D eigenvalue weighted by molar-refractivity contribution is -0.929. The van der Waals surface area contributed by atoms with E-state index in [2.05, 4.69) is 27.4 Å². The van der Waals surface area contributed by atoms with Gasteiger partial charge in [-0.1, -0.05) is 53.0 Å². The Kier molecular flexibility index (Phi) is 17.7. The number of sulfonamides is 2. The SMILES string of the molecule is C=C(C)C(=O)OCC[N+](CCCC)(CCCC)CCCCCC.O=S(=O)([N-]S(=O)(=O)C(F)(F)F)C(F)(F)F. The zero-order chi connectivity index (χ0) is 30.3. The van der Waals surface area contributed by atoms with Crippen molar-refractivity contribution in [3.8, 4) is 0 Å². The third-order valence-electron chi connectivity index (χ3n) is 5.39. The Balaban J connectivity index is 0. The maximum Gasteiger partial charge on any atom is 0.480 e. The van der Waals surface area contributed by atoms with Gasteiger partial charge in [0, 0.05) is 5.57 Å². The van der Waals surface area contributed by atoms with Crippen molar-refractivity contribution in [2.75, 3.05) is 32.8 Å². The smallest absolute Gasteiger partial charge is 0.456 e. The number of carbonyl (C=O) groups excluding carboxylic acids is 1. The fourth-order valence-electron chi connectivity index (χ4n) is 3.20. The summed E-state index contributed by atoms with van der Waals surface area (Å²) in [6, 6.07) is 0. The first kappa shape index (κ1) is 38.8. The third kappa shape index (κ3) is 15.3. The molecule has 0 aliphatic carbocycles. The molecule has 0 radical (unpaired) electrons. The number of hydrogen-bond acceptors (Lipinski definition) is 6. The zero-order valence-electron chi connectivity index (χ0n) is 22.3. The highest BCUT2D eigenvalue weighted by Crippen LogP contribution is 2.36. The lowest BCUT2D eigenvalue weighted by atomic mass is 10.1. The molecule has 0 bridgehead atoms. The zero-order valence-corrected chi connectivity index (χ0v) is 24.0. The van der Waals surface area contributed by atoms with Crippen molar-refractivity contribution in [2.24, 2.45) is 0 Å². The summed E-state index contributed by atoms with van der Waals surface area (Å²) in [6.07, 6.45) is 10.2. The van der Waals surface area contributed by atoms with Crippen LogP contribution in [0, 0.1) is 0 Å². The Morgan fingerprint density at radius 1 is 0.737 bits per heavy atom. The minimum absolute atomic E-state index is 0.250. The van der Waals surface area contributed by atoms with E-state index >= 15 is 0 Å². The summed E-state index contributed by atoms with van der Waals surface area (Å²) in [5.41, 5.74) is -11.9. The summed E-state index contributed by atoms with van der Waals surface area (Å²) in [7, 11) is -13.4. The molecule has 38 heavy (non-hydrogen) atoms. The van der Waals surface area contributed by atoms with Crippen LogP contribution in [0.1, 0.15) is 79.1 Å². The number of esters is 1. The molecule has 228 valence electrons. The van der Waals surface area contributed by atoms with Crippen LogP contribution in [0.5, 0.6) is 0 Å². The number of alkyl halides is 6. The minimum atomic E-state index is -6.72. The third-order valence-corrected chi connectivity index (χ3v) is 8.13. The van der Waals surface area contributed by atoms with E-state index in [1.165, 1.54) is 71.0 Å². The molecule has 0 amide bonds.